The third kappa shape index (κ3) is 6.76. The number of halogens is 2. The number of aromatic nitrogens is 6. The van der Waals surface area contributed by atoms with E-state index in [1.165, 1.54) is 43.6 Å². The smallest absolute Gasteiger partial charge is 0.256 e. The van der Waals surface area contributed by atoms with Crippen LogP contribution in [-0.2, 0) is 11.3 Å². The molecule has 0 radical (unpaired) electrons. The quantitative estimate of drug-likeness (QED) is 0.339. The fourth-order valence-corrected chi connectivity index (χ4v) is 4.44. The Hall–Kier alpha value is -3.67. The molecule has 4 N–H and O–H groups in total. The molecule has 0 aliphatic heterocycles. The summed E-state index contributed by atoms with van der Waals surface area (Å²) in [5.41, 5.74) is 8.78. The summed E-state index contributed by atoms with van der Waals surface area (Å²) in [4.78, 5) is 21.9. The first-order valence-electron chi connectivity index (χ1n) is 12.3. The summed E-state index contributed by atoms with van der Waals surface area (Å²) in [5.74, 6) is 1.19. The largest absolute Gasteiger partial charge is 0.371 e. The van der Waals surface area contributed by atoms with Crippen LogP contribution in [0.15, 0.2) is 24.4 Å². The number of nitrogens with one attached hydrogen (secondary N) is 2. The Labute approximate surface area is 214 Å². The highest BCUT2D eigenvalue weighted by atomic mass is 19.3. The molecule has 0 saturated heterocycles. The van der Waals surface area contributed by atoms with Gasteiger partial charge in [0, 0.05) is 24.8 Å². The molecule has 0 spiro atoms. The van der Waals surface area contributed by atoms with Gasteiger partial charge in [-0.15, -0.1) is 5.10 Å². The van der Waals surface area contributed by atoms with Gasteiger partial charge in [0.05, 0.1) is 12.2 Å². The molecule has 0 unspecified atom stereocenters. The number of carbonyl (C=O) groups excluding carboxylic acids is 1. The summed E-state index contributed by atoms with van der Waals surface area (Å²) in [6.07, 6.45) is 7.14. The van der Waals surface area contributed by atoms with Crippen molar-refractivity contribution in [3.05, 3.63) is 30.2 Å². The van der Waals surface area contributed by atoms with Gasteiger partial charge in [-0.2, -0.15) is 4.98 Å². The number of carbonyl (C=O) groups is 1. The molecule has 12 heteroatoms. The molecule has 0 aromatic carbocycles. The zero-order valence-electron chi connectivity index (χ0n) is 21.7. The first-order chi connectivity index (χ1) is 17.8. The molecular weight excluding hydrogens is 480 g/mol. The summed E-state index contributed by atoms with van der Waals surface area (Å²) < 4.78 is 28.9. The van der Waals surface area contributed by atoms with Crippen LogP contribution in [0.1, 0.15) is 44.9 Å². The lowest BCUT2D eigenvalue weighted by molar-refractivity contribution is -0.106. The monoisotopic (exact) mass is 515 g/mol. The van der Waals surface area contributed by atoms with Gasteiger partial charge in [0.2, 0.25) is 5.95 Å². The van der Waals surface area contributed by atoms with Gasteiger partial charge in [0.25, 0.3) is 6.43 Å². The molecule has 1 aliphatic carbocycles. The van der Waals surface area contributed by atoms with Gasteiger partial charge in [-0.25, -0.2) is 23.3 Å². The summed E-state index contributed by atoms with van der Waals surface area (Å²) in [7, 11) is 3.80. The highest BCUT2D eigenvalue weighted by Crippen LogP contribution is 2.30. The standard InChI is InChI=1S/C16H16F2N8.C7H15N.C2H4O/c1-8-21-11-4-3-10(22-15(11)25(8)7-12(17)18)9-5-6-26-13(9)14(20-2)23-16(19)24-26;1-8-7-5-3-2-4-6-7;1-2-3/h3-6,12H,7H2,1-2H3,(H3,19,20,23,24);7-8H,2-6H2,1H3;2H,1H3. The lowest BCUT2D eigenvalue weighted by atomic mass is 9.96. The van der Waals surface area contributed by atoms with Gasteiger partial charge in [-0.05, 0) is 51.9 Å². The minimum absolute atomic E-state index is 0.137. The van der Waals surface area contributed by atoms with Gasteiger partial charge in [-0.1, -0.05) is 19.3 Å². The van der Waals surface area contributed by atoms with E-state index in [0.717, 1.165) is 17.9 Å². The normalized spacial score (nSPS) is 13.7. The number of aryl methyl sites for hydroxylation is 1. The van der Waals surface area contributed by atoms with Crippen LogP contribution in [-0.4, -0.2) is 62.0 Å². The van der Waals surface area contributed by atoms with Crippen molar-refractivity contribution in [3.8, 4) is 11.3 Å². The average Bonchev–Trinajstić information content (AvgIpc) is 3.45. The lowest BCUT2D eigenvalue weighted by Gasteiger charge is -2.20. The number of fused-ring (bicyclic) bond motifs is 2. The fourth-order valence-electron chi connectivity index (χ4n) is 4.44. The third-order valence-corrected chi connectivity index (χ3v) is 6.16. The maximum atomic E-state index is 12.9. The van der Waals surface area contributed by atoms with Gasteiger partial charge >= 0.3 is 0 Å². The minimum atomic E-state index is -2.49. The molecule has 4 aromatic rings. The van der Waals surface area contributed by atoms with Crippen molar-refractivity contribution in [2.75, 3.05) is 25.1 Å². The Bertz CT molecular complexity index is 1310. The molecule has 1 aliphatic rings. The zero-order chi connectivity index (χ0) is 26.9. The van der Waals surface area contributed by atoms with Crippen molar-refractivity contribution in [2.24, 2.45) is 0 Å². The first kappa shape index (κ1) is 27.9. The second-order valence-electron chi connectivity index (χ2n) is 8.65. The number of rotatable bonds is 5. The van der Waals surface area contributed by atoms with Crippen LogP contribution in [0.5, 0.6) is 0 Å². The van der Waals surface area contributed by atoms with Gasteiger partial charge in [0.15, 0.2) is 11.5 Å². The molecule has 0 atom stereocenters. The molecule has 0 amide bonds. The van der Waals surface area contributed by atoms with Gasteiger partial charge in [0.1, 0.15) is 23.1 Å². The summed E-state index contributed by atoms with van der Waals surface area (Å²) in [5, 5.41) is 10.4. The van der Waals surface area contributed by atoms with E-state index >= 15 is 0 Å². The molecule has 200 valence electrons. The van der Waals surface area contributed by atoms with Crippen molar-refractivity contribution in [1.82, 2.24) is 34.4 Å². The number of nitrogens with zero attached hydrogens (tertiary/aromatic N) is 6. The van der Waals surface area contributed by atoms with Crippen LogP contribution in [0.4, 0.5) is 20.5 Å². The summed E-state index contributed by atoms with van der Waals surface area (Å²) in [6.45, 7) is 2.68. The van der Waals surface area contributed by atoms with Crippen LogP contribution in [0.2, 0.25) is 0 Å². The van der Waals surface area contributed by atoms with Crippen molar-refractivity contribution in [1.29, 1.82) is 0 Å². The van der Waals surface area contributed by atoms with Crippen molar-refractivity contribution < 1.29 is 13.6 Å². The predicted molar refractivity (Wildman–Crippen MR) is 142 cm³/mol. The molecular formula is C25H35F2N9O. The van der Waals surface area contributed by atoms with E-state index in [9.17, 15) is 8.78 Å². The Morgan fingerprint density at radius 1 is 1.14 bits per heavy atom. The molecule has 0 bridgehead atoms. The third-order valence-electron chi connectivity index (χ3n) is 6.16. The van der Waals surface area contributed by atoms with E-state index < -0.39 is 13.0 Å². The van der Waals surface area contributed by atoms with Gasteiger partial charge < -0.3 is 25.7 Å². The number of aldehydes is 1. The number of pyridine rings is 1. The minimum Gasteiger partial charge on any atom is -0.371 e. The van der Waals surface area contributed by atoms with Gasteiger partial charge in [-0.3, -0.25) is 0 Å². The second kappa shape index (κ2) is 13.0. The fraction of sp³-hybridized carbons (Fsp3) is 0.480. The maximum Gasteiger partial charge on any atom is 0.256 e. The molecule has 37 heavy (non-hydrogen) atoms. The van der Waals surface area contributed by atoms with Crippen molar-refractivity contribution in [2.45, 2.75) is 65.0 Å². The number of nitrogen functional groups attached to an aromatic ring is 1. The Kier molecular flexibility index (Phi) is 9.84. The van der Waals surface area contributed by atoms with E-state index in [2.05, 4.69) is 37.7 Å². The first-order valence-corrected chi connectivity index (χ1v) is 12.3. The van der Waals surface area contributed by atoms with Crippen LogP contribution in [0.3, 0.4) is 0 Å². The lowest BCUT2D eigenvalue weighted by Crippen LogP contribution is -2.26. The summed E-state index contributed by atoms with van der Waals surface area (Å²) >= 11 is 0. The highest BCUT2D eigenvalue weighted by molar-refractivity contribution is 5.89. The number of hydrogen-bond acceptors (Lipinski definition) is 8. The van der Waals surface area contributed by atoms with Crippen LogP contribution in [0.25, 0.3) is 27.9 Å². The van der Waals surface area contributed by atoms with Crippen LogP contribution in [0, 0.1) is 6.92 Å². The number of nitrogens with two attached hydrogens (primary N) is 1. The molecule has 10 nitrogen and oxygen atoms in total. The maximum absolute atomic E-state index is 12.9. The number of anilines is 2. The van der Waals surface area contributed by atoms with Crippen LogP contribution >= 0.6 is 0 Å². The predicted octanol–water partition coefficient (Wildman–Crippen LogP) is 4.08. The SMILES string of the molecule is CC=O.CNC1CCCCC1.CNc1nc(N)nn2ccc(-c3ccc4nc(C)n(CC(F)F)c4n3)c12. The molecule has 1 saturated carbocycles. The number of imidazole rings is 1. The van der Waals surface area contributed by atoms with Crippen molar-refractivity contribution in [3.63, 3.8) is 0 Å². The Morgan fingerprint density at radius 3 is 2.43 bits per heavy atom. The summed E-state index contributed by atoms with van der Waals surface area (Å²) in [6, 6.07) is 6.24. The van der Waals surface area contributed by atoms with E-state index in [-0.39, 0.29) is 5.95 Å². The second-order valence-corrected chi connectivity index (χ2v) is 8.65. The molecule has 4 heterocycles. The average molecular weight is 516 g/mol. The molecule has 4 aromatic heterocycles. The van der Waals surface area contributed by atoms with E-state index in [0.29, 0.717) is 34.0 Å². The Balaban J connectivity index is 0.000000290. The van der Waals surface area contributed by atoms with Crippen LogP contribution < -0.4 is 16.4 Å². The zero-order valence-corrected chi connectivity index (χ0v) is 21.7. The molecule has 1 fully saturated rings. The van der Waals surface area contributed by atoms with Crippen molar-refractivity contribution >= 4 is 34.7 Å². The van der Waals surface area contributed by atoms with E-state index in [1.807, 2.05) is 6.07 Å². The number of alkyl halides is 2. The van der Waals surface area contributed by atoms with E-state index in [1.54, 1.807) is 36.8 Å². The number of hydrogen-bond donors (Lipinski definition) is 3. The highest BCUT2D eigenvalue weighted by Gasteiger charge is 2.17. The molecule has 5 rings (SSSR count). The topological polar surface area (TPSA) is 128 Å². The Morgan fingerprint density at radius 2 is 1.84 bits per heavy atom. The van der Waals surface area contributed by atoms with E-state index in [4.69, 9.17) is 10.5 Å².